The van der Waals surface area contributed by atoms with Gasteiger partial charge in [0.1, 0.15) is 0 Å². The van der Waals surface area contributed by atoms with Gasteiger partial charge in [-0.25, -0.2) is 0 Å². The summed E-state index contributed by atoms with van der Waals surface area (Å²) in [6.45, 7) is 1.48. The van der Waals surface area contributed by atoms with Crippen LogP contribution in [0, 0.1) is 5.92 Å². The Bertz CT molecular complexity index is 505. The van der Waals surface area contributed by atoms with Crippen LogP contribution in [-0.2, 0) is 4.79 Å². The van der Waals surface area contributed by atoms with Crippen LogP contribution in [-0.4, -0.2) is 18.7 Å². The van der Waals surface area contributed by atoms with Crippen molar-refractivity contribution in [2.24, 2.45) is 5.92 Å². The van der Waals surface area contributed by atoms with Gasteiger partial charge in [-0.1, -0.05) is 18.9 Å². The molecule has 102 valence electrons. The highest BCUT2D eigenvalue weighted by Gasteiger charge is 2.27. The molecule has 0 unspecified atom stereocenters. The third kappa shape index (κ3) is 2.62. The van der Waals surface area contributed by atoms with Crippen LogP contribution in [0.5, 0.6) is 0 Å². The van der Waals surface area contributed by atoms with E-state index in [1.807, 2.05) is 0 Å². The highest BCUT2D eigenvalue weighted by Crippen LogP contribution is 2.31. The lowest BCUT2D eigenvalue weighted by Crippen LogP contribution is -2.32. The molecule has 0 atom stereocenters. The average Bonchev–Trinajstić information content (AvgIpc) is 2.90. The molecule has 4 nitrogen and oxygen atoms in total. The zero-order valence-corrected chi connectivity index (χ0v) is 11.5. The van der Waals surface area contributed by atoms with Gasteiger partial charge in [0.25, 0.3) is 0 Å². The molecule has 0 aromatic heterocycles. The minimum atomic E-state index is -0.112. The van der Waals surface area contributed by atoms with E-state index in [0.717, 1.165) is 25.7 Å². The molecule has 0 radical (unpaired) electrons. The number of hydrogen-bond acceptors (Lipinski definition) is 3. The fourth-order valence-corrected chi connectivity index (χ4v) is 2.79. The van der Waals surface area contributed by atoms with E-state index in [2.05, 4.69) is 0 Å². The van der Waals surface area contributed by atoms with Crippen molar-refractivity contribution in [2.75, 3.05) is 17.7 Å². The number of nitrogen functional groups attached to an aromatic ring is 1. The van der Waals surface area contributed by atoms with E-state index in [4.69, 9.17) is 5.73 Å². The number of hydrogen-bond donors (Lipinski definition) is 1. The van der Waals surface area contributed by atoms with Crippen molar-refractivity contribution in [1.82, 2.24) is 0 Å². The quantitative estimate of drug-likeness (QED) is 0.671. The highest BCUT2D eigenvalue weighted by atomic mass is 16.2. The summed E-state index contributed by atoms with van der Waals surface area (Å²) in [7, 11) is 1.72. The molecule has 1 aliphatic rings. The van der Waals surface area contributed by atoms with E-state index in [1.54, 1.807) is 30.1 Å². The molecule has 2 rings (SSSR count). The molecular formula is C15H20N2O2. The van der Waals surface area contributed by atoms with Crippen molar-refractivity contribution in [3.05, 3.63) is 23.8 Å². The lowest BCUT2D eigenvalue weighted by Gasteiger charge is -2.23. The lowest BCUT2D eigenvalue weighted by atomic mass is 10.0. The first-order valence-corrected chi connectivity index (χ1v) is 6.69. The first-order chi connectivity index (χ1) is 9.02. The molecular weight excluding hydrogens is 240 g/mol. The molecule has 0 aliphatic heterocycles. The molecule has 1 saturated carbocycles. The summed E-state index contributed by atoms with van der Waals surface area (Å²) in [5.41, 5.74) is 7.34. The molecule has 0 bridgehead atoms. The monoisotopic (exact) mass is 260 g/mol. The zero-order valence-electron chi connectivity index (χ0n) is 11.5. The Hall–Kier alpha value is -1.84. The molecule has 4 heteroatoms. The maximum Gasteiger partial charge on any atom is 0.229 e. The predicted octanol–water partition coefficient (Wildman–Crippen LogP) is 2.62. The van der Waals surface area contributed by atoms with Gasteiger partial charge in [0.05, 0.1) is 11.3 Å². The van der Waals surface area contributed by atoms with Crippen LogP contribution in [0.25, 0.3) is 0 Å². The molecule has 0 saturated heterocycles. The van der Waals surface area contributed by atoms with E-state index >= 15 is 0 Å². The van der Waals surface area contributed by atoms with Crippen LogP contribution in [0.4, 0.5) is 11.4 Å². The summed E-state index contributed by atoms with van der Waals surface area (Å²) in [6, 6.07) is 5.24. The summed E-state index contributed by atoms with van der Waals surface area (Å²) < 4.78 is 0. The third-order valence-corrected chi connectivity index (χ3v) is 3.82. The number of carbonyl (C=O) groups excluding carboxylic acids is 2. The van der Waals surface area contributed by atoms with E-state index < -0.39 is 0 Å². The number of nitrogens with two attached hydrogens (primary N) is 1. The van der Waals surface area contributed by atoms with Crippen molar-refractivity contribution >= 4 is 23.1 Å². The molecule has 1 amide bonds. The molecule has 1 aromatic rings. The van der Waals surface area contributed by atoms with Gasteiger partial charge in [0.15, 0.2) is 5.78 Å². The Labute approximate surface area is 113 Å². The second-order valence-electron chi connectivity index (χ2n) is 5.18. The first-order valence-electron chi connectivity index (χ1n) is 6.69. The summed E-state index contributed by atoms with van der Waals surface area (Å²) in [6.07, 6.45) is 4.11. The summed E-state index contributed by atoms with van der Waals surface area (Å²) in [5, 5.41) is 0. The molecule has 1 aromatic carbocycles. The molecule has 1 fully saturated rings. The minimum absolute atomic E-state index is 0.0885. The second kappa shape index (κ2) is 5.43. The van der Waals surface area contributed by atoms with Crippen LogP contribution in [0.15, 0.2) is 18.2 Å². The topological polar surface area (TPSA) is 63.4 Å². The number of nitrogens with zero attached hydrogens (tertiary/aromatic N) is 1. The first kappa shape index (κ1) is 13.6. The lowest BCUT2D eigenvalue weighted by molar-refractivity contribution is -0.121. The Balaban J connectivity index is 2.33. The van der Waals surface area contributed by atoms with Crippen LogP contribution in [0.1, 0.15) is 43.0 Å². The zero-order chi connectivity index (χ0) is 14.0. The Kier molecular flexibility index (Phi) is 3.88. The van der Waals surface area contributed by atoms with Gasteiger partial charge in [-0.2, -0.15) is 0 Å². The molecule has 19 heavy (non-hydrogen) atoms. The number of carbonyl (C=O) groups is 2. The van der Waals surface area contributed by atoms with Gasteiger partial charge >= 0.3 is 0 Å². The van der Waals surface area contributed by atoms with Gasteiger partial charge < -0.3 is 10.6 Å². The van der Waals surface area contributed by atoms with E-state index in [-0.39, 0.29) is 17.6 Å². The minimum Gasteiger partial charge on any atom is -0.398 e. The smallest absolute Gasteiger partial charge is 0.229 e. The standard InChI is InChI=1S/C15H20N2O2/c1-10(18)14-12(16)8-5-9-13(14)17(2)15(19)11-6-3-4-7-11/h5,8-9,11H,3-4,6-7,16H2,1-2H3. The normalized spacial score (nSPS) is 15.5. The predicted molar refractivity (Wildman–Crippen MR) is 76.2 cm³/mol. The number of benzene rings is 1. The van der Waals surface area contributed by atoms with Crippen LogP contribution in [0.2, 0.25) is 0 Å². The van der Waals surface area contributed by atoms with Crippen LogP contribution in [0.3, 0.4) is 0 Å². The summed E-state index contributed by atoms with van der Waals surface area (Å²) >= 11 is 0. The van der Waals surface area contributed by atoms with Crippen LogP contribution < -0.4 is 10.6 Å². The maximum absolute atomic E-state index is 12.4. The number of anilines is 2. The summed E-state index contributed by atoms with van der Waals surface area (Å²) in [5.74, 6) is 0.0658. The number of ketones is 1. The van der Waals surface area contributed by atoms with Crippen molar-refractivity contribution < 1.29 is 9.59 Å². The average molecular weight is 260 g/mol. The Morgan fingerprint density at radius 3 is 2.47 bits per heavy atom. The molecule has 2 N–H and O–H groups in total. The second-order valence-corrected chi connectivity index (χ2v) is 5.18. The Morgan fingerprint density at radius 2 is 1.89 bits per heavy atom. The van der Waals surface area contributed by atoms with Gasteiger partial charge in [0.2, 0.25) is 5.91 Å². The van der Waals surface area contributed by atoms with Crippen molar-refractivity contribution in [2.45, 2.75) is 32.6 Å². The highest BCUT2D eigenvalue weighted by molar-refractivity contribution is 6.08. The fraction of sp³-hybridized carbons (Fsp3) is 0.467. The SMILES string of the molecule is CC(=O)c1c(N)cccc1N(C)C(=O)C1CCCC1. The molecule has 0 heterocycles. The largest absolute Gasteiger partial charge is 0.398 e. The van der Waals surface area contributed by atoms with E-state index in [0.29, 0.717) is 16.9 Å². The number of rotatable bonds is 3. The molecule has 0 spiro atoms. The van der Waals surface area contributed by atoms with Crippen molar-refractivity contribution in [3.63, 3.8) is 0 Å². The van der Waals surface area contributed by atoms with Gasteiger partial charge in [-0.3, -0.25) is 9.59 Å². The van der Waals surface area contributed by atoms with Gasteiger partial charge in [-0.05, 0) is 31.9 Å². The van der Waals surface area contributed by atoms with Crippen LogP contribution >= 0.6 is 0 Å². The fourth-order valence-electron chi connectivity index (χ4n) is 2.79. The Morgan fingerprint density at radius 1 is 1.26 bits per heavy atom. The van der Waals surface area contributed by atoms with E-state index in [1.165, 1.54) is 6.92 Å². The number of amides is 1. The third-order valence-electron chi connectivity index (χ3n) is 3.82. The summed E-state index contributed by atoms with van der Waals surface area (Å²) in [4.78, 5) is 25.7. The number of Topliss-reactive ketones (excluding diaryl/α,β-unsaturated/α-hetero) is 1. The maximum atomic E-state index is 12.4. The van der Waals surface area contributed by atoms with Gasteiger partial charge in [0, 0.05) is 18.7 Å². The van der Waals surface area contributed by atoms with Gasteiger partial charge in [-0.15, -0.1) is 0 Å². The molecule has 1 aliphatic carbocycles. The van der Waals surface area contributed by atoms with E-state index in [9.17, 15) is 9.59 Å². The van der Waals surface area contributed by atoms with Crippen molar-refractivity contribution in [3.8, 4) is 0 Å². The van der Waals surface area contributed by atoms with Crippen molar-refractivity contribution in [1.29, 1.82) is 0 Å².